The second-order valence-corrected chi connectivity index (χ2v) is 10.1. The Labute approximate surface area is 189 Å². The van der Waals surface area contributed by atoms with Crippen LogP contribution in [0.15, 0.2) is 18.2 Å². The number of aromatic nitrogens is 2. The van der Waals surface area contributed by atoms with Gasteiger partial charge < -0.3 is 10.1 Å². The van der Waals surface area contributed by atoms with Gasteiger partial charge in [-0.1, -0.05) is 12.5 Å². The molecule has 3 aliphatic rings. The average molecular weight is 434 g/mol. The van der Waals surface area contributed by atoms with Gasteiger partial charge in [-0.3, -0.25) is 4.90 Å². The summed E-state index contributed by atoms with van der Waals surface area (Å²) >= 11 is 0. The van der Waals surface area contributed by atoms with E-state index in [0.29, 0.717) is 31.0 Å². The van der Waals surface area contributed by atoms with Gasteiger partial charge in [0.25, 0.3) is 0 Å². The Hall–Kier alpha value is -2.85. The van der Waals surface area contributed by atoms with E-state index in [1.807, 2.05) is 36.4 Å². The third-order valence-electron chi connectivity index (χ3n) is 6.85. The molecule has 1 N–H and O–H groups in total. The predicted octanol–water partition coefficient (Wildman–Crippen LogP) is 3.99. The minimum atomic E-state index is -0.535. The lowest BCUT2D eigenvalue weighted by Crippen LogP contribution is -2.46. The van der Waals surface area contributed by atoms with E-state index < -0.39 is 5.60 Å². The van der Waals surface area contributed by atoms with Crippen molar-refractivity contribution < 1.29 is 9.53 Å². The number of benzene rings is 1. The third-order valence-corrected chi connectivity index (χ3v) is 6.85. The molecule has 32 heavy (non-hydrogen) atoms. The highest BCUT2D eigenvalue weighted by Gasteiger charge is 2.39. The van der Waals surface area contributed by atoms with Crippen LogP contribution in [0.3, 0.4) is 0 Å². The molecule has 0 bridgehead atoms. The molecule has 2 aromatic rings. The van der Waals surface area contributed by atoms with Crippen LogP contribution < -0.4 is 5.32 Å². The molecule has 1 fully saturated rings. The molecule has 7 nitrogen and oxygen atoms in total. The van der Waals surface area contributed by atoms with Gasteiger partial charge in [0, 0.05) is 38.0 Å². The molecule has 5 rings (SSSR count). The standard InChI is InChI=1S/C25H31N5O2/c1-25(2,3)32-24(31)29-12-10-21-23-19(9-11-27-15-22(23)29)28-30(21)20-8-7-17(13-18(20)14-26)16-5-4-6-16/h7-8,13,16,22,27H,4-6,9-12,15H2,1-3H3. The number of carbonyl (C=O) groups excluding carboxylic acids is 1. The van der Waals surface area contributed by atoms with Crippen LogP contribution in [0.1, 0.15) is 80.1 Å². The van der Waals surface area contributed by atoms with Crippen molar-refractivity contribution in [3.63, 3.8) is 0 Å². The lowest BCUT2D eigenvalue weighted by molar-refractivity contribution is 0.0142. The number of carbonyl (C=O) groups is 1. The maximum atomic E-state index is 13.0. The summed E-state index contributed by atoms with van der Waals surface area (Å²) in [5.41, 5.74) is 5.49. The van der Waals surface area contributed by atoms with Crippen molar-refractivity contribution in [2.24, 2.45) is 0 Å². The number of nitrogens with zero attached hydrogens (tertiary/aromatic N) is 4. The summed E-state index contributed by atoms with van der Waals surface area (Å²) in [6.45, 7) is 7.75. The molecule has 1 atom stereocenters. The first kappa shape index (κ1) is 21.0. The normalized spacial score (nSPS) is 20.7. The topological polar surface area (TPSA) is 83.2 Å². The molecule has 1 unspecified atom stereocenters. The van der Waals surface area contributed by atoms with E-state index in [4.69, 9.17) is 9.84 Å². The monoisotopic (exact) mass is 433 g/mol. The second kappa shape index (κ2) is 7.93. The fourth-order valence-corrected chi connectivity index (χ4v) is 5.08. The van der Waals surface area contributed by atoms with Gasteiger partial charge in [-0.15, -0.1) is 0 Å². The van der Waals surface area contributed by atoms with Crippen LogP contribution >= 0.6 is 0 Å². The van der Waals surface area contributed by atoms with Crippen LogP contribution in [-0.4, -0.2) is 46.0 Å². The molecular formula is C25H31N5O2. The number of amides is 1. The number of hydrogen-bond acceptors (Lipinski definition) is 5. The van der Waals surface area contributed by atoms with Crippen LogP contribution in [-0.2, 0) is 17.6 Å². The summed E-state index contributed by atoms with van der Waals surface area (Å²) in [6.07, 6.45) is 4.90. The smallest absolute Gasteiger partial charge is 0.410 e. The quantitative estimate of drug-likeness (QED) is 0.774. The molecule has 0 saturated heterocycles. The molecule has 1 amide bonds. The Morgan fingerprint density at radius 2 is 2.09 bits per heavy atom. The summed E-state index contributed by atoms with van der Waals surface area (Å²) in [4.78, 5) is 14.8. The van der Waals surface area contributed by atoms with Crippen LogP contribution in [0.2, 0.25) is 0 Å². The van der Waals surface area contributed by atoms with Crippen LogP contribution in [0.25, 0.3) is 5.69 Å². The summed E-state index contributed by atoms with van der Waals surface area (Å²) in [6, 6.07) is 8.56. The first-order valence-electron chi connectivity index (χ1n) is 11.7. The lowest BCUT2D eigenvalue weighted by atomic mass is 9.79. The fraction of sp³-hybridized carbons (Fsp3) is 0.560. The Morgan fingerprint density at radius 3 is 2.78 bits per heavy atom. The van der Waals surface area contributed by atoms with Crippen molar-refractivity contribution in [2.75, 3.05) is 19.6 Å². The van der Waals surface area contributed by atoms with Crippen molar-refractivity contribution >= 4 is 6.09 Å². The number of hydrogen-bond donors (Lipinski definition) is 1. The van der Waals surface area contributed by atoms with E-state index in [9.17, 15) is 10.1 Å². The van der Waals surface area contributed by atoms with Gasteiger partial charge in [-0.05, 0) is 57.2 Å². The van der Waals surface area contributed by atoms with Gasteiger partial charge in [0.05, 0.1) is 28.7 Å². The van der Waals surface area contributed by atoms with E-state index in [1.54, 1.807) is 0 Å². The van der Waals surface area contributed by atoms with Crippen molar-refractivity contribution in [1.29, 1.82) is 5.26 Å². The SMILES string of the molecule is CC(C)(C)OC(=O)N1CCc2c3c(nn2-c2ccc(C4CCC4)cc2C#N)CCNCC31. The summed E-state index contributed by atoms with van der Waals surface area (Å²) in [5, 5.41) is 18.3. The van der Waals surface area contributed by atoms with Crippen molar-refractivity contribution in [3.05, 3.63) is 46.3 Å². The molecule has 168 valence electrons. The van der Waals surface area contributed by atoms with Crippen molar-refractivity contribution in [3.8, 4) is 11.8 Å². The predicted molar refractivity (Wildman–Crippen MR) is 121 cm³/mol. The van der Waals surface area contributed by atoms with Gasteiger partial charge in [0.2, 0.25) is 0 Å². The number of ether oxygens (including phenoxy) is 1. The molecule has 0 spiro atoms. The molecule has 1 aromatic heterocycles. The molecule has 7 heteroatoms. The van der Waals surface area contributed by atoms with Crippen LogP contribution in [0.5, 0.6) is 0 Å². The first-order valence-corrected chi connectivity index (χ1v) is 11.7. The zero-order chi connectivity index (χ0) is 22.5. The molecule has 1 aliphatic carbocycles. The molecule has 1 saturated carbocycles. The van der Waals surface area contributed by atoms with Gasteiger partial charge in [0.15, 0.2) is 0 Å². The minimum Gasteiger partial charge on any atom is -0.444 e. The van der Waals surface area contributed by atoms with Crippen LogP contribution in [0.4, 0.5) is 4.79 Å². The van der Waals surface area contributed by atoms with Gasteiger partial charge in [-0.25, -0.2) is 9.48 Å². The largest absolute Gasteiger partial charge is 0.444 e. The Kier molecular flexibility index (Phi) is 5.21. The maximum Gasteiger partial charge on any atom is 0.410 e. The maximum absolute atomic E-state index is 13.0. The summed E-state index contributed by atoms with van der Waals surface area (Å²) in [5.74, 6) is 0.585. The highest BCUT2D eigenvalue weighted by atomic mass is 16.6. The average Bonchev–Trinajstić information content (AvgIpc) is 2.93. The number of nitrogens with one attached hydrogen (secondary N) is 1. The second-order valence-electron chi connectivity index (χ2n) is 10.1. The van der Waals surface area contributed by atoms with Gasteiger partial charge in [0.1, 0.15) is 11.7 Å². The van der Waals surface area contributed by atoms with E-state index in [-0.39, 0.29) is 12.1 Å². The summed E-state index contributed by atoms with van der Waals surface area (Å²) < 4.78 is 7.67. The number of nitriles is 1. The van der Waals surface area contributed by atoms with Gasteiger partial charge >= 0.3 is 6.09 Å². The van der Waals surface area contributed by atoms with E-state index >= 15 is 0 Å². The lowest BCUT2D eigenvalue weighted by Gasteiger charge is -2.36. The molecule has 3 heterocycles. The third kappa shape index (κ3) is 3.67. The van der Waals surface area contributed by atoms with Crippen molar-refractivity contribution in [2.45, 2.75) is 70.4 Å². The molecule has 1 aromatic carbocycles. The zero-order valence-electron chi connectivity index (χ0n) is 19.1. The highest BCUT2D eigenvalue weighted by molar-refractivity contribution is 5.70. The molecule has 0 radical (unpaired) electrons. The number of rotatable bonds is 2. The minimum absolute atomic E-state index is 0.111. The Balaban J connectivity index is 1.54. The zero-order valence-corrected chi connectivity index (χ0v) is 19.1. The Morgan fingerprint density at radius 1 is 1.28 bits per heavy atom. The first-order chi connectivity index (χ1) is 15.4. The fourth-order valence-electron chi connectivity index (χ4n) is 5.08. The van der Waals surface area contributed by atoms with Gasteiger partial charge in [-0.2, -0.15) is 10.4 Å². The van der Waals surface area contributed by atoms with Crippen molar-refractivity contribution in [1.82, 2.24) is 20.0 Å². The summed E-state index contributed by atoms with van der Waals surface area (Å²) in [7, 11) is 0. The van der Waals surface area contributed by atoms with E-state index in [1.165, 1.54) is 24.8 Å². The van der Waals surface area contributed by atoms with Crippen LogP contribution in [0, 0.1) is 11.3 Å². The molecular weight excluding hydrogens is 402 g/mol. The highest BCUT2D eigenvalue weighted by Crippen LogP contribution is 2.39. The Bertz CT molecular complexity index is 1090. The molecule has 2 aliphatic heterocycles. The van der Waals surface area contributed by atoms with E-state index in [0.717, 1.165) is 35.6 Å². The van der Waals surface area contributed by atoms with E-state index in [2.05, 4.69) is 23.5 Å².